The molecule has 2 aromatic rings. The van der Waals surface area contributed by atoms with Gasteiger partial charge in [-0.25, -0.2) is 4.98 Å². The predicted octanol–water partition coefficient (Wildman–Crippen LogP) is 2.66. The maximum absolute atomic E-state index is 9.46. The van der Waals surface area contributed by atoms with Crippen LogP contribution in [0.25, 0.3) is 0 Å². The lowest BCUT2D eigenvalue weighted by Crippen LogP contribution is -2.20. The first-order chi connectivity index (χ1) is 11.3. The molecule has 0 atom stereocenters. The minimum Gasteiger partial charge on any atom is -0.395 e. The van der Waals surface area contributed by atoms with Gasteiger partial charge in [0.05, 0.1) is 16.9 Å². The molecule has 0 saturated heterocycles. The molecule has 5 heteroatoms. The predicted molar refractivity (Wildman–Crippen MR) is 92.1 cm³/mol. The van der Waals surface area contributed by atoms with Crippen molar-refractivity contribution in [3.05, 3.63) is 47.5 Å². The van der Waals surface area contributed by atoms with Crippen molar-refractivity contribution in [2.45, 2.75) is 44.9 Å². The maximum atomic E-state index is 9.46. The highest BCUT2D eigenvalue weighted by molar-refractivity contribution is 5.43. The molecule has 0 aliphatic rings. The minimum absolute atomic E-state index is 0.400. The number of aromatic nitrogens is 3. The van der Waals surface area contributed by atoms with E-state index in [1.54, 1.807) is 0 Å². The molecule has 124 valence electrons. The topological polar surface area (TPSA) is 63.7 Å². The van der Waals surface area contributed by atoms with E-state index in [0.29, 0.717) is 13.0 Å². The molecule has 1 aromatic carbocycles. The van der Waals surface area contributed by atoms with E-state index in [2.05, 4.69) is 28.1 Å². The highest BCUT2D eigenvalue weighted by Crippen LogP contribution is 2.30. The molecule has 0 saturated carbocycles. The molecule has 24 heavy (non-hydrogen) atoms. The fraction of sp³-hybridized carbons (Fsp3) is 0.421. The second-order valence-electron chi connectivity index (χ2n) is 6.81. The van der Waals surface area contributed by atoms with E-state index >= 15 is 0 Å². The van der Waals surface area contributed by atoms with Crippen molar-refractivity contribution < 1.29 is 4.84 Å². The third-order valence-corrected chi connectivity index (χ3v) is 4.09. The van der Waals surface area contributed by atoms with Crippen LogP contribution in [-0.4, -0.2) is 21.5 Å². The van der Waals surface area contributed by atoms with Gasteiger partial charge in [-0.1, -0.05) is 29.0 Å². The molecule has 0 spiro atoms. The lowest BCUT2D eigenvalue weighted by molar-refractivity contribution is 0.0839. The summed E-state index contributed by atoms with van der Waals surface area (Å²) in [7, 11) is 0. The number of nitrogens with zero attached hydrogens (tertiary/aromatic N) is 4. The normalized spacial score (nSPS) is 11.6. The number of rotatable bonds is 6. The van der Waals surface area contributed by atoms with Crippen LogP contribution >= 0.6 is 0 Å². The molecule has 0 bridgehead atoms. The zero-order valence-corrected chi connectivity index (χ0v) is 14.6. The Morgan fingerprint density at radius 1 is 1.17 bits per heavy atom. The van der Waals surface area contributed by atoms with Gasteiger partial charge in [0.25, 0.3) is 0 Å². The molecular formula is C19H22N4O. The summed E-state index contributed by atoms with van der Waals surface area (Å²) in [6.45, 7) is 8.27. The number of hydrogen-bond acceptors (Lipinski definition) is 4. The quantitative estimate of drug-likeness (QED) is 0.767. The Kier molecular flexibility index (Phi) is 4.95. The van der Waals surface area contributed by atoms with Crippen molar-refractivity contribution in [3.8, 4) is 18.4 Å². The van der Waals surface area contributed by atoms with Crippen molar-refractivity contribution in [2.24, 2.45) is 0 Å². The molecule has 0 aliphatic carbocycles. The Bertz CT molecular complexity index is 732. The van der Waals surface area contributed by atoms with E-state index in [9.17, 15) is 5.26 Å². The Hall–Kier alpha value is -2.79. The van der Waals surface area contributed by atoms with Crippen LogP contribution in [0.4, 0.5) is 0 Å². The van der Waals surface area contributed by atoms with Gasteiger partial charge in [-0.15, -0.1) is 11.5 Å². The standard InChI is InChI=1S/C19H22N4O/c1-6-18(2,3)16-9-15(7-8-24-23-14-21-13-22-23)10-17(11-16)19(4,5)12-20/h1,9-11,13-14H,7-8H2,2-5H3. The first-order valence-electron chi connectivity index (χ1n) is 7.80. The molecule has 0 aliphatic heterocycles. The van der Waals surface area contributed by atoms with Crippen molar-refractivity contribution in [3.63, 3.8) is 0 Å². The smallest absolute Gasteiger partial charge is 0.155 e. The number of benzene rings is 1. The van der Waals surface area contributed by atoms with Gasteiger partial charge in [0.15, 0.2) is 6.33 Å². The fourth-order valence-corrected chi connectivity index (χ4v) is 2.23. The second-order valence-corrected chi connectivity index (χ2v) is 6.81. The summed E-state index contributed by atoms with van der Waals surface area (Å²) in [4.78, 5) is 10.7. The molecular weight excluding hydrogens is 300 g/mol. The average molecular weight is 322 g/mol. The largest absolute Gasteiger partial charge is 0.395 e. The molecule has 0 N–H and O–H groups in total. The van der Waals surface area contributed by atoms with Crippen LogP contribution in [0.1, 0.15) is 44.4 Å². The first kappa shape index (κ1) is 17.6. The summed E-state index contributed by atoms with van der Waals surface area (Å²) in [5, 5.41) is 13.4. The van der Waals surface area contributed by atoms with Crippen LogP contribution in [0.2, 0.25) is 0 Å². The summed E-state index contributed by atoms with van der Waals surface area (Å²) in [5.41, 5.74) is 2.09. The third kappa shape index (κ3) is 3.94. The Balaban J connectivity index is 2.29. The average Bonchev–Trinajstić information content (AvgIpc) is 3.08. The zero-order valence-electron chi connectivity index (χ0n) is 14.6. The van der Waals surface area contributed by atoms with Gasteiger partial charge < -0.3 is 4.84 Å². The monoisotopic (exact) mass is 322 g/mol. The highest BCUT2D eigenvalue weighted by atomic mass is 16.7. The molecule has 0 fully saturated rings. The minimum atomic E-state index is -0.581. The highest BCUT2D eigenvalue weighted by Gasteiger charge is 2.25. The Morgan fingerprint density at radius 3 is 2.38 bits per heavy atom. The third-order valence-electron chi connectivity index (χ3n) is 4.09. The zero-order chi connectivity index (χ0) is 17.8. The summed E-state index contributed by atoms with van der Waals surface area (Å²) in [5.74, 6) is 2.82. The van der Waals surface area contributed by atoms with Gasteiger partial charge >= 0.3 is 0 Å². The molecule has 5 nitrogen and oxygen atoms in total. The van der Waals surface area contributed by atoms with Gasteiger partial charge in [-0.3, -0.25) is 0 Å². The van der Waals surface area contributed by atoms with E-state index < -0.39 is 10.8 Å². The molecule has 0 unspecified atom stereocenters. The van der Waals surface area contributed by atoms with Gasteiger partial charge in [-0.2, -0.15) is 5.26 Å². The lowest BCUT2D eigenvalue weighted by atomic mass is 9.78. The van der Waals surface area contributed by atoms with Crippen LogP contribution in [0, 0.1) is 23.7 Å². The summed E-state index contributed by atoms with van der Waals surface area (Å²) < 4.78 is 0. The van der Waals surface area contributed by atoms with Crippen LogP contribution in [0.15, 0.2) is 30.9 Å². The van der Waals surface area contributed by atoms with E-state index in [1.807, 2.05) is 39.8 Å². The maximum Gasteiger partial charge on any atom is 0.155 e. The fourth-order valence-electron chi connectivity index (χ4n) is 2.23. The second kappa shape index (κ2) is 6.76. The lowest BCUT2D eigenvalue weighted by Gasteiger charge is -2.24. The Morgan fingerprint density at radius 2 is 1.83 bits per heavy atom. The van der Waals surface area contributed by atoms with Crippen LogP contribution < -0.4 is 4.84 Å². The van der Waals surface area contributed by atoms with Gasteiger partial charge in [0.1, 0.15) is 12.9 Å². The summed E-state index contributed by atoms with van der Waals surface area (Å²) >= 11 is 0. The van der Waals surface area contributed by atoms with Crippen LogP contribution in [-0.2, 0) is 17.3 Å². The Labute approximate surface area is 143 Å². The summed E-state index contributed by atoms with van der Waals surface area (Å²) in [6.07, 6.45) is 9.29. The van der Waals surface area contributed by atoms with E-state index in [0.717, 1.165) is 16.7 Å². The molecule has 0 amide bonds. The number of nitriles is 1. The van der Waals surface area contributed by atoms with Crippen molar-refractivity contribution in [2.75, 3.05) is 6.61 Å². The van der Waals surface area contributed by atoms with Crippen molar-refractivity contribution in [1.82, 2.24) is 14.9 Å². The van der Waals surface area contributed by atoms with Crippen LogP contribution in [0.3, 0.4) is 0 Å². The van der Waals surface area contributed by atoms with E-state index in [1.165, 1.54) is 17.5 Å². The van der Waals surface area contributed by atoms with E-state index in [-0.39, 0.29) is 0 Å². The van der Waals surface area contributed by atoms with Crippen LogP contribution in [0.5, 0.6) is 0 Å². The molecule has 0 radical (unpaired) electrons. The van der Waals surface area contributed by atoms with Crippen molar-refractivity contribution >= 4 is 0 Å². The van der Waals surface area contributed by atoms with Crippen molar-refractivity contribution in [1.29, 1.82) is 5.26 Å². The number of hydrogen-bond donors (Lipinski definition) is 0. The van der Waals surface area contributed by atoms with Gasteiger partial charge in [0, 0.05) is 6.42 Å². The molecule has 1 aromatic heterocycles. The molecule has 1 heterocycles. The van der Waals surface area contributed by atoms with E-state index in [4.69, 9.17) is 11.3 Å². The summed E-state index contributed by atoms with van der Waals surface area (Å²) in [6, 6.07) is 8.52. The van der Waals surface area contributed by atoms with Gasteiger partial charge in [-0.05, 0) is 44.4 Å². The SMILES string of the molecule is C#CC(C)(C)c1cc(CCOn2cncn2)cc(C(C)(C)C#N)c1. The molecule has 2 rings (SSSR count). The number of terminal acetylenes is 1. The first-order valence-corrected chi connectivity index (χ1v) is 7.80. The van der Waals surface area contributed by atoms with Gasteiger partial charge in [0.2, 0.25) is 0 Å².